The Labute approximate surface area is 86.4 Å². The molecule has 0 unspecified atom stereocenters. The topological polar surface area (TPSA) is 24.5 Å². The molecule has 0 radical (unpaired) electrons. The maximum absolute atomic E-state index is 5.17. The first-order valence-corrected chi connectivity index (χ1v) is 4.96. The Hall–Kier alpha value is -0.350. The van der Waals surface area contributed by atoms with Gasteiger partial charge in [0.25, 0.3) is 0 Å². The summed E-state index contributed by atoms with van der Waals surface area (Å²) in [5.74, 6) is 0.619. The fourth-order valence-corrected chi connectivity index (χ4v) is 0.931. The highest BCUT2D eigenvalue weighted by molar-refractivity contribution is 7.80. The van der Waals surface area contributed by atoms with Crippen LogP contribution in [-0.4, -0.2) is 43.9 Å². The van der Waals surface area contributed by atoms with Gasteiger partial charge in [-0.15, -0.1) is 0 Å². The number of thiocarbonyl (C=S) groups is 1. The second-order valence-electron chi connectivity index (χ2n) is 3.49. The fourth-order valence-electron chi connectivity index (χ4n) is 0.756. The summed E-state index contributed by atoms with van der Waals surface area (Å²) >= 11 is 5.17. The van der Waals surface area contributed by atoms with Crippen LogP contribution in [0.3, 0.4) is 0 Å². The van der Waals surface area contributed by atoms with Crippen LogP contribution in [0.15, 0.2) is 0 Å². The molecule has 0 fully saturated rings. The number of rotatable bonds is 5. The van der Waals surface area contributed by atoms with E-state index in [-0.39, 0.29) is 0 Å². The van der Waals surface area contributed by atoms with Crippen molar-refractivity contribution < 1.29 is 4.74 Å². The minimum Gasteiger partial charge on any atom is -0.383 e. The lowest BCUT2D eigenvalue weighted by molar-refractivity contribution is 0.182. The SMILES string of the molecule is COCCN(C)C(=S)NCC(C)C. The highest BCUT2D eigenvalue weighted by Crippen LogP contribution is 1.90. The maximum atomic E-state index is 5.17. The summed E-state index contributed by atoms with van der Waals surface area (Å²) in [7, 11) is 3.66. The first kappa shape index (κ1) is 12.7. The number of ether oxygens (including phenoxy) is 1. The molecular weight excluding hydrogens is 184 g/mol. The number of methoxy groups -OCH3 is 1. The molecule has 0 amide bonds. The van der Waals surface area contributed by atoms with E-state index < -0.39 is 0 Å². The molecule has 0 saturated heterocycles. The van der Waals surface area contributed by atoms with Gasteiger partial charge >= 0.3 is 0 Å². The van der Waals surface area contributed by atoms with Crippen molar-refractivity contribution in [1.29, 1.82) is 0 Å². The number of hydrogen-bond donors (Lipinski definition) is 1. The molecule has 0 aliphatic heterocycles. The molecular formula is C9H20N2OS. The second-order valence-corrected chi connectivity index (χ2v) is 3.88. The molecule has 0 aromatic rings. The Balaban J connectivity index is 3.57. The van der Waals surface area contributed by atoms with E-state index in [1.807, 2.05) is 11.9 Å². The van der Waals surface area contributed by atoms with Gasteiger partial charge in [-0.05, 0) is 18.1 Å². The number of nitrogens with zero attached hydrogens (tertiary/aromatic N) is 1. The zero-order valence-electron chi connectivity index (χ0n) is 8.96. The van der Waals surface area contributed by atoms with Gasteiger partial charge < -0.3 is 15.0 Å². The quantitative estimate of drug-likeness (QED) is 0.678. The van der Waals surface area contributed by atoms with Crippen molar-refractivity contribution in [3.8, 4) is 0 Å². The van der Waals surface area contributed by atoms with Gasteiger partial charge in [0.2, 0.25) is 0 Å². The predicted octanol–water partition coefficient (Wildman–Crippen LogP) is 1.10. The van der Waals surface area contributed by atoms with Gasteiger partial charge in [0.1, 0.15) is 0 Å². The normalized spacial score (nSPS) is 10.2. The summed E-state index contributed by atoms with van der Waals surface area (Å²) in [6.45, 7) is 6.78. The molecule has 78 valence electrons. The molecule has 1 N–H and O–H groups in total. The molecule has 4 heteroatoms. The zero-order valence-corrected chi connectivity index (χ0v) is 9.78. The Kier molecular flexibility index (Phi) is 6.90. The summed E-state index contributed by atoms with van der Waals surface area (Å²) in [5, 5.41) is 3.99. The summed E-state index contributed by atoms with van der Waals surface area (Å²) < 4.78 is 4.96. The number of nitrogens with one attached hydrogen (secondary N) is 1. The van der Waals surface area contributed by atoms with Gasteiger partial charge in [-0.2, -0.15) is 0 Å². The monoisotopic (exact) mass is 204 g/mol. The van der Waals surface area contributed by atoms with Gasteiger partial charge in [-0.1, -0.05) is 13.8 Å². The summed E-state index contributed by atoms with van der Waals surface area (Å²) in [4.78, 5) is 1.99. The van der Waals surface area contributed by atoms with Crippen molar-refractivity contribution in [2.24, 2.45) is 5.92 Å². The fraction of sp³-hybridized carbons (Fsp3) is 0.889. The minimum absolute atomic E-state index is 0.619. The van der Waals surface area contributed by atoms with Crippen LogP contribution in [0.5, 0.6) is 0 Å². The van der Waals surface area contributed by atoms with E-state index in [2.05, 4.69) is 19.2 Å². The molecule has 0 aliphatic rings. The average molecular weight is 204 g/mol. The molecule has 0 atom stereocenters. The lowest BCUT2D eigenvalue weighted by atomic mass is 10.2. The standard InChI is InChI=1S/C9H20N2OS/c1-8(2)7-10-9(13)11(3)5-6-12-4/h8H,5-7H2,1-4H3,(H,10,13). The highest BCUT2D eigenvalue weighted by Gasteiger charge is 2.03. The van der Waals surface area contributed by atoms with Gasteiger partial charge in [-0.3, -0.25) is 0 Å². The van der Waals surface area contributed by atoms with Crippen molar-refractivity contribution in [2.75, 3.05) is 33.9 Å². The smallest absolute Gasteiger partial charge is 0.168 e. The van der Waals surface area contributed by atoms with Crippen molar-refractivity contribution in [3.05, 3.63) is 0 Å². The van der Waals surface area contributed by atoms with E-state index in [1.54, 1.807) is 7.11 Å². The lowest BCUT2D eigenvalue weighted by Gasteiger charge is -2.21. The molecule has 0 saturated carbocycles. The summed E-state index contributed by atoms with van der Waals surface area (Å²) in [6, 6.07) is 0. The Morgan fingerprint density at radius 1 is 1.54 bits per heavy atom. The van der Waals surface area contributed by atoms with Gasteiger partial charge in [-0.25, -0.2) is 0 Å². The molecule has 0 bridgehead atoms. The molecule has 3 nitrogen and oxygen atoms in total. The van der Waals surface area contributed by atoms with Crippen LogP contribution in [0.4, 0.5) is 0 Å². The van der Waals surface area contributed by atoms with Crippen LogP contribution >= 0.6 is 12.2 Å². The van der Waals surface area contributed by atoms with Gasteiger partial charge in [0.05, 0.1) is 6.61 Å². The van der Waals surface area contributed by atoms with E-state index in [0.717, 1.165) is 18.2 Å². The molecule has 0 rings (SSSR count). The van der Waals surface area contributed by atoms with E-state index in [9.17, 15) is 0 Å². The Morgan fingerprint density at radius 3 is 2.62 bits per heavy atom. The molecule has 0 aromatic heterocycles. The second kappa shape index (κ2) is 7.09. The molecule has 0 aromatic carbocycles. The summed E-state index contributed by atoms with van der Waals surface area (Å²) in [5.41, 5.74) is 0. The van der Waals surface area contributed by atoms with Gasteiger partial charge in [0, 0.05) is 27.2 Å². The van der Waals surface area contributed by atoms with E-state index >= 15 is 0 Å². The van der Waals surface area contributed by atoms with Gasteiger partial charge in [0.15, 0.2) is 5.11 Å². The molecule has 0 heterocycles. The summed E-state index contributed by atoms with van der Waals surface area (Å²) in [6.07, 6.45) is 0. The van der Waals surface area contributed by atoms with Crippen LogP contribution in [0.2, 0.25) is 0 Å². The van der Waals surface area contributed by atoms with Crippen molar-refractivity contribution in [3.63, 3.8) is 0 Å². The van der Waals surface area contributed by atoms with Crippen molar-refractivity contribution >= 4 is 17.3 Å². The predicted molar refractivity (Wildman–Crippen MR) is 59.9 cm³/mol. The van der Waals surface area contributed by atoms with Crippen LogP contribution in [0.1, 0.15) is 13.8 Å². The largest absolute Gasteiger partial charge is 0.383 e. The van der Waals surface area contributed by atoms with Crippen molar-refractivity contribution in [1.82, 2.24) is 10.2 Å². The molecule has 0 spiro atoms. The maximum Gasteiger partial charge on any atom is 0.168 e. The van der Waals surface area contributed by atoms with Crippen LogP contribution in [-0.2, 0) is 4.74 Å². The number of hydrogen-bond acceptors (Lipinski definition) is 2. The van der Waals surface area contributed by atoms with Crippen molar-refractivity contribution in [2.45, 2.75) is 13.8 Å². The zero-order chi connectivity index (χ0) is 10.3. The average Bonchev–Trinajstić information content (AvgIpc) is 2.10. The third-order valence-corrected chi connectivity index (χ3v) is 2.10. The number of likely N-dealkylation sites (N-methyl/N-ethyl adjacent to an activating group) is 1. The van der Waals surface area contributed by atoms with Crippen LogP contribution in [0, 0.1) is 5.92 Å². The molecule has 13 heavy (non-hydrogen) atoms. The van der Waals surface area contributed by atoms with E-state index in [1.165, 1.54) is 0 Å². The van der Waals surface area contributed by atoms with E-state index in [0.29, 0.717) is 12.5 Å². The third kappa shape index (κ3) is 6.78. The van der Waals surface area contributed by atoms with E-state index in [4.69, 9.17) is 17.0 Å². The third-order valence-electron chi connectivity index (χ3n) is 1.64. The molecule has 0 aliphatic carbocycles. The van der Waals surface area contributed by atoms with Crippen LogP contribution in [0.25, 0.3) is 0 Å². The first-order valence-electron chi connectivity index (χ1n) is 4.55. The first-order chi connectivity index (χ1) is 6.07. The highest BCUT2D eigenvalue weighted by atomic mass is 32.1. The van der Waals surface area contributed by atoms with Crippen LogP contribution < -0.4 is 5.32 Å². The lowest BCUT2D eigenvalue weighted by Crippen LogP contribution is -2.40. The Bertz CT molecular complexity index is 151. The Morgan fingerprint density at radius 2 is 2.15 bits per heavy atom. The minimum atomic E-state index is 0.619.